The van der Waals surface area contributed by atoms with Crippen LogP contribution in [-0.2, 0) is 9.47 Å². The Morgan fingerprint density at radius 3 is 2.72 bits per heavy atom. The van der Waals surface area contributed by atoms with Crippen LogP contribution in [-0.4, -0.2) is 62.5 Å². The Morgan fingerprint density at radius 2 is 2.04 bits per heavy atom. The fraction of sp³-hybridized carbons (Fsp3) is 0.412. The van der Waals surface area contributed by atoms with E-state index in [1.54, 1.807) is 24.3 Å². The molecule has 1 N–H and O–H groups in total. The van der Waals surface area contributed by atoms with Crippen molar-refractivity contribution in [1.82, 2.24) is 10.1 Å². The van der Waals surface area contributed by atoms with Crippen molar-refractivity contribution in [2.45, 2.75) is 0 Å². The molecular formula is C17H20ClN3O4. The molecule has 1 aromatic heterocycles. The van der Waals surface area contributed by atoms with Crippen LogP contribution >= 0.6 is 11.6 Å². The summed E-state index contributed by atoms with van der Waals surface area (Å²) in [6.45, 7) is 4.74. The first-order valence-corrected chi connectivity index (χ1v) is 8.44. The Morgan fingerprint density at radius 1 is 1.32 bits per heavy atom. The number of esters is 1. The van der Waals surface area contributed by atoms with E-state index in [0.29, 0.717) is 23.1 Å². The maximum atomic E-state index is 12.2. The molecule has 134 valence electrons. The zero-order chi connectivity index (χ0) is 17.6. The van der Waals surface area contributed by atoms with E-state index in [9.17, 15) is 4.79 Å². The molecule has 0 spiro atoms. The Kier molecular flexibility index (Phi) is 5.91. The highest BCUT2D eigenvalue weighted by molar-refractivity contribution is 6.30. The molecule has 1 saturated heterocycles. The van der Waals surface area contributed by atoms with Gasteiger partial charge >= 0.3 is 5.97 Å². The summed E-state index contributed by atoms with van der Waals surface area (Å²) in [7, 11) is 1.33. The number of aromatic nitrogens is 1. The smallest absolute Gasteiger partial charge is 0.345 e. The second kappa shape index (κ2) is 8.33. The summed E-state index contributed by atoms with van der Waals surface area (Å²) in [5.41, 5.74) is 1.44. The van der Waals surface area contributed by atoms with Crippen LogP contribution in [0.2, 0.25) is 5.02 Å². The Labute approximate surface area is 150 Å². The normalized spacial score (nSPS) is 15.1. The molecule has 1 aromatic carbocycles. The molecule has 2 aromatic rings. The van der Waals surface area contributed by atoms with Crippen molar-refractivity contribution in [2.75, 3.05) is 51.8 Å². The van der Waals surface area contributed by atoms with Crippen LogP contribution in [0.15, 0.2) is 28.8 Å². The standard InChI is InChI=1S/C17H20ClN3O4/c1-23-17(22)14-15(12-2-4-13(18)5-3-12)20-25-16(14)19-6-7-21-8-10-24-11-9-21/h2-5,19H,6-11H2,1H3. The third-order valence-electron chi connectivity index (χ3n) is 4.02. The van der Waals surface area contributed by atoms with Gasteiger partial charge in [-0.05, 0) is 12.1 Å². The summed E-state index contributed by atoms with van der Waals surface area (Å²) in [6, 6.07) is 7.03. The van der Waals surface area contributed by atoms with Gasteiger partial charge in [0.15, 0.2) is 5.56 Å². The Balaban J connectivity index is 1.74. The number of methoxy groups -OCH3 is 1. The van der Waals surface area contributed by atoms with Crippen LogP contribution in [0.5, 0.6) is 0 Å². The largest absolute Gasteiger partial charge is 0.465 e. The van der Waals surface area contributed by atoms with Gasteiger partial charge in [0.2, 0.25) is 5.88 Å². The molecule has 0 saturated carbocycles. The van der Waals surface area contributed by atoms with Crippen LogP contribution < -0.4 is 5.32 Å². The molecule has 2 heterocycles. The van der Waals surface area contributed by atoms with Gasteiger partial charge in [-0.1, -0.05) is 28.9 Å². The minimum atomic E-state index is -0.500. The van der Waals surface area contributed by atoms with Gasteiger partial charge in [-0.3, -0.25) is 4.90 Å². The van der Waals surface area contributed by atoms with Crippen molar-refractivity contribution in [3.8, 4) is 11.3 Å². The number of hydrogen-bond acceptors (Lipinski definition) is 7. The number of benzene rings is 1. The second-order valence-corrected chi connectivity index (χ2v) is 6.05. The maximum Gasteiger partial charge on any atom is 0.345 e. The highest BCUT2D eigenvalue weighted by atomic mass is 35.5. The van der Waals surface area contributed by atoms with Crippen LogP contribution in [0.3, 0.4) is 0 Å². The van der Waals surface area contributed by atoms with Gasteiger partial charge in [0, 0.05) is 36.8 Å². The number of morpholine rings is 1. The average molecular weight is 366 g/mol. The summed E-state index contributed by atoms with van der Waals surface area (Å²) in [5, 5.41) is 7.78. The predicted octanol–water partition coefficient (Wildman–Crippen LogP) is 2.53. The van der Waals surface area contributed by atoms with Crippen LogP contribution in [0, 0.1) is 0 Å². The monoisotopic (exact) mass is 365 g/mol. The van der Waals surface area contributed by atoms with E-state index in [1.807, 2.05) is 0 Å². The zero-order valence-corrected chi connectivity index (χ0v) is 14.7. The third kappa shape index (κ3) is 4.31. The van der Waals surface area contributed by atoms with Crippen LogP contribution in [0.4, 0.5) is 5.88 Å². The Hall–Kier alpha value is -2.09. The lowest BCUT2D eigenvalue weighted by atomic mass is 10.1. The number of rotatable bonds is 6. The number of ether oxygens (including phenoxy) is 2. The van der Waals surface area contributed by atoms with Crippen molar-refractivity contribution >= 4 is 23.5 Å². The summed E-state index contributed by atoms with van der Waals surface area (Å²) in [4.78, 5) is 14.5. The van der Waals surface area contributed by atoms with E-state index in [1.165, 1.54) is 7.11 Å². The minimum absolute atomic E-state index is 0.284. The molecule has 3 rings (SSSR count). The van der Waals surface area contributed by atoms with E-state index in [0.717, 1.165) is 38.4 Å². The van der Waals surface area contributed by atoms with Gasteiger partial charge in [-0.2, -0.15) is 0 Å². The molecule has 0 amide bonds. The minimum Gasteiger partial charge on any atom is -0.465 e. The molecule has 0 aliphatic carbocycles. The van der Waals surface area contributed by atoms with Gasteiger partial charge in [-0.15, -0.1) is 0 Å². The SMILES string of the molecule is COC(=O)c1c(-c2ccc(Cl)cc2)noc1NCCN1CCOCC1. The first kappa shape index (κ1) is 17.7. The highest BCUT2D eigenvalue weighted by Gasteiger charge is 2.25. The fourth-order valence-corrected chi connectivity index (χ4v) is 2.79. The van der Waals surface area contributed by atoms with Crippen molar-refractivity contribution in [2.24, 2.45) is 0 Å². The number of nitrogens with one attached hydrogen (secondary N) is 1. The molecule has 7 nitrogen and oxygen atoms in total. The summed E-state index contributed by atoms with van der Waals surface area (Å²) < 4.78 is 15.6. The summed E-state index contributed by atoms with van der Waals surface area (Å²) >= 11 is 5.91. The van der Waals surface area contributed by atoms with Gasteiger partial charge < -0.3 is 19.3 Å². The molecule has 1 fully saturated rings. The number of carbonyl (C=O) groups is 1. The van der Waals surface area contributed by atoms with Gasteiger partial charge in [-0.25, -0.2) is 4.79 Å². The number of anilines is 1. The molecule has 25 heavy (non-hydrogen) atoms. The number of carbonyl (C=O) groups excluding carboxylic acids is 1. The van der Waals surface area contributed by atoms with Crippen molar-refractivity contribution in [1.29, 1.82) is 0 Å². The van der Waals surface area contributed by atoms with Crippen molar-refractivity contribution in [3.05, 3.63) is 34.9 Å². The maximum absolute atomic E-state index is 12.2. The lowest BCUT2D eigenvalue weighted by Gasteiger charge is -2.26. The van der Waals surface area contributed by atoms with Crippen molar-refractivity contribution in [3.63, 3.8) is 0 Å². The van der Waals surface area contributed by atoms with Gasteiger partial charge in [0.05, 0.1) is 20.3 Å². The predicted molar refractivity (Wildman–Crippen MR) is 94.0 cm³/mol. The van der Waals surface area contributed by atoms with Gasteiger partial charge in [0.1, 0.15) is 5.69 Å². The van der Waals surface area contributed by atoms with E-state index in [4.69, 9.17) is 25.6 Å². The number of nitrogens with zero attached hydrogens (tertiary/aromatic N) is 2. The molecule has 0 unspecified atom stereocenters. The summed E-state index contributed by atoms with van der Waals surface area (Å²) in [6.07, 6.45) is 0. The topological polar surface area (TPSA) is 76.8 Å². The van der Waals surface area contributed by atoms with E-state index in [-0.39, 0.29) is 5.56 Å². The van der Waals surface area contributed by atoms with Crippen molar-refractivity contribution < 1.29 is 18.8 Å². The molecule has 1 aliphatic heterocycles. The van der Waals surface area contributed by atoms with Crippen LogP contribution in [0.25, 0.3) is 11.3 Å². The number of halogens is 1. The average Bonchev–Trinajstić information content (AvgIpc) is 3.06. The van der Waals surface area contributed by atoms with Crippen LogP contribution in [0.1, 0.15) is 10.4 Å². The molecule has 1 aliphatic rings. The highest BCUT2D eigenvalue weighted by Crippen LogP contribution is 2.30. The molecule has 0 radical (unpaired) electrons. The van der Waals surface area contributed by atoms with E-state index >= 15 is 0 Å². The van der Waals surface area contributed by atoms with Gasteiger partial charge in [0.25, 0.3) is 0 Å². The molecule has 0 bridgehead atoms. The van der Waals surface area contributed by atoms with E-state index < -0.39 is 5.97 Å². The lowest BCUT2D eigenvalue weighted by Crippen LogP contribution is -2.39. The third-order valence-corrected chi connectivity index (χ3v) is 4.27. The summed E-state index contributed by atoms with van der Waals surface area (Å²) in [5.74, 6) is -0.190. The molecular weight excluding hydrogens is 346 g/mol. The fourth-order valence-electron chi connectivity index (χ4n) is 2.66. The number of hydrogen-bond donors (Lipinski definition) is 1. The first-order chi connectivity index (χ1) is 12.2. The first-order valence-electron chi connectivity index (χ1n) is 8.07. The lowest BCUT2D eigenvalue weighted by molar-refractivity contribution is 0.0398. The Bertz CT molecular complexity index is 711. The quantitative estimate of drug-likeness (QED) is 0.788. The second-order valence-electron chi connectivity index (χ2n) is 5.61. The van der Waals surface area contributed by atoms with E-state index in [2.05, 4.69) is 15.4 Å². The molecule has 0 atom stereocenters. The zero-order valence-electron chi connectivity index (χ0n) is 14.0. The molecule has 8 heteroatoms.